The van der Waals surface area contributed by atoms with Crippen LogP contribution in [-0.4, -0.2) is 45.4 Å². The molecule has 1 amide bonds. The second-order valence-corrected chi connectivity index (χ2v) is 10.1. The number of aryl methyl sites for hydroxylation is 1. The number of nitrogens with zero attached hydrogens (tertiary/aromatic N) is 3. The number of anilines is 2. The molecule has 0 radical (unpaired) electrons. The van der Waals surface area contributed by atoms with Gasteiger partial charge in [0.05, 0.1) is 21.0 Å². The Hall–Kier alpha value is -3.08. The molecule has 11 heteroatoms. The Labute approximate surface area is 184 Å². The first-order valence-corrected chi connectivity index (χ1v) is 12.0. The van der Waals surface area contributed by atoms with E-state index in [1.54, 1.807) is 24.0 Å². The lowest BCUT2D eigenvalue weighted by molar-refractivity contribution is -0.0102. The third-order valence-electron chi connectivity index (χ3n) is 5.31. The number of halogens is 2. The Bertz CT molecular complexity index is 1290. The van der Waals surface area contributed by atoms with Crippen molar-refractivity contribution in [2.24, 2.45) is 0 Å². The summed E-state index contributed by atoms with van der Waals surface area (Å²) in [4.78, 5) is 23.2. The van der Waals surface area contributed by atoms with Gasteiger partial charge in [-0.1, -0.05) is 0 Å². The highest BCUT2D eigenvalue weighted by atomic mass is 32.2. The number of nitrogens with one attached hydrogen (secondary N) is 2. The zero-order valence-electron chi connectivity index (χ0n) is 17.7. The number of aromatic nitrogens is 2. The maximum atomic E-state index is 13.9. The van der Waals surface area contributed by atoms with Crippen LogP contribution in [0.4, 0.5) is 20.2 Å². The molecule has 3 heterocycles. The van der Waals surface area contributed by atoms with E-state index in [1.165, 1.54) is 24.6 Å². The van der Waals surface area contributed by atoms with Gasteiger partial charge in [0.1, 0.15) is 10.5 Å². The maximum absolute atomic E-state index is 13.9. The monoisotopic (exact) mass is 463 g/mol. The molecule has 2 N–H and O–H groups in total. The highest BCUT2D eigenvalue weighted by molar-refractivity contribution is 7.91. The van der Waals surface area contributed by atoms with Gasteiger partial charge in [0.25, 0.3) is 5.91 Å². The van der Waals surface area contributed by atoms with Crippen molar-refractivity contribution in [1.82, 2.24) is 9.97 Å². The van der Waals surface area contributed by atoms with E-state index in [4.69, 9.17) is 9.20 Å². The van der Waals surface area contributed by atoms with Crippen LogP contribution in [0.2, 0.25) is 0 Å². The molecule has 1 aliphatic heterocycles. The Kier molecular flexibility index (Phi) is 5.61. The summed E-state index contributed by atoms with van der Waals surface area (Å²) in [7, 11) is -3.06. The molecule has 4 rings (SSSR count). The molecule has 1 fully saturated rings. The first-order chi connectivity index (χ1) is 15.0. The van der Waals surface area contributed by atoms with E-state index in [1.807, 2.05) is 0 Å². The van der Waals surface area contributed by atoms with Crippen molar-refractivity contribution in [3.8, 4) is 0 Å². The number of rotatable bonds is 4. The molecule has 1 aromatic carbocycles. The second-order valence-electron chi connectivity index (χ2n) is 7.95. The molecule has 0 aliphatic carbocycles. The molecular weight excluding hydrogens is 440 g/mol. The van der Waals surface area contributed by atoms with E-state index < -0.39 is 21.6 Å². The second kappa shape index (κ2) is 8.12. The summed E-state index contributed by atoms with van der Waals surface area (Å²) in [5, 5.41) is 2.78. The largest absolute Gasteiger partial charge is 0.441 e. The topological polar surface area (TPSA) is 112 Å². The number of oxazole rings is 1. The Morgan fingerprint density at radius 3 is 2.81 bits per heavy atom. The lowest BCUT2D eigenvalue weighted by Gasteiger charge is -2.25. The van der Waals surface area contributed by atoms with Crippen LogP contribution in [0.1, 0.15) is 35.5 Å². The van der Waals surface area contributed by atoms with Crippen LogP contribution in [0.25, 0.3) is 11.1 Å². The molecule has 0 bridgehead atoms. The first kappa shape index (κ1) is 22.1. The molecule has 3 aromatic rings. The quantitative estimate of drug-likeness (QED) is 0.591. The van der Waals surface area contributed by atoms with Gasteiger partial charge in [-0.3, -0.25) is 4.79 Å². The Morgan fingerprint density at radius 2 is 2.06 bits per heavy atom. The molecule has 1 atom stereocenters. The number of hydrogen-bond acceptors (Lipinski definition) is 7. The van der Waals surface area contributed by atoms with Crippen LogP contribution in [-0.2, 0) is 9.73 Å². The predicted molar refractivity (Wildman–Crippen MR) is 117 cm³/mol. The number of pyridine rings is 1. The summed E-state index contributed by atoms with van der Waals surface area (Å²) in [5.41, 5.74) is 2.02. The summed E-state index contributed by atoms with van der Waals surface area (Å²) >= 11 is 0. The number of alkyl halides is 2. The van der Waals surface area contributed by atoms with Gasteiger partial charge >= 0.3 is 0 Å². The van der Waals surface area contributed by atoms with Gasteiger partial charge in [-0.15, -0.1) is 0 Å². The maximum Gasteiger partial charge on any atom is 0.257 e. The number of carbonyl (C=O) groups is 1. The first-order valence-electron chi connectivity index (χ1n) is 10.1. The fourth-order valence-corrected chi connectivity index (χ4v) is 4.34. The fraction of sp³-hybridized carbons (Fsp3) is 0.381. The lowest BCUT2D eigenvalue weighted by Crippen LogP contribution is -2.28. The van der Waals surface area contributed by atoms with E-state index >= 15 is 0 Å². The number of amides is 1. The molecule has 1 aliphatic rings. The van der Waals surface area contributed by atoms with Gasteiger partial charge in [0.2, 0.25) is 5.92 Å². The molecule has 32 heavy (non-hydrogen) atoms. The molecule has 1 unspecified atom stereocenters. The zero-order chi connectivity index (χ0) is 23.1. The number of benzene rings is 1. The van der Waals surface area contributed by atoms with Crippen LogP contribution in [0.3, 0.4) is 0 Å². The molecule has 0 saturated carbocycles. The van der Waals surface area contributed by atoms with Crippen molar-refractivity contribution in [1.29, 1.82) is 4.78 Å². The highest BCUT2D eigenvalue weighted by Gasteiger charge is 2.33. The number of hydrogen-bond donors (Lipinski definition) is 2. The van der Waals surface area contributed by atoms with Gasteiger partial charge in [-0.25, -0.2) is 27.7 Å². The van der Waals surface area contributed by atoms with Gasteiger partial charge in [-0.05, 0) is 24.6 Å². The van der Waals surface area contributed by atoms with E-state index in [0.717, 1.165) is 0 Å². The van der Waals surface area contributed by atoms with Crippen molar-refractivity contribution in [3.05, 3.63) is 41.9 Å². The van der Waals surface area contributed by atoms with E-state index in [0.29, 0.717) is 41.3 Å². The minimum Gasteiger partial charge on any atom is -0.441 e. The summed E-state index contributed by atoms with van der Waals surface area (Å²) < 4.78 is 53.1. The van der Waals surface area contributed by atoms with Crippen LogP contribution >= 0.6 is 0 Å². The molecule has 2 aromatic heterocycles. The normalized spacial score (nSPS) is 18.2. The average molecular weight is 464 g/mol. The number of carbonyl (C=O) groups excluding carboxylic acids is 1. The summed E-state index contributed by atoms with van der Waals surface area (Å²) in [5.74, 6) is -2.79. The van der Waals surface area contributed by atoms with Crippen LogP contribution in [0.5, 0.6) is 0 Å². The van der Waals surface area contributed by atoms with Gasteiger partial charge in [-0.2, -0.15) is 0 Å². The van der Waals surface area contributed by atoms with Gasteiger partial charge in [0.15, 0.2) is 11.5 Å². The minimum absolute atomic E-state index is 0.0489. The zero-order valence-corrected chi connectivity index (χ0v) is 18.5. The van der Waals surface area contributed by atoms with Gasteiger partial charge in [0, 0.05) is 57.1 Å². The lowest BCUT2D eigenvalue weighted by atomic mass is 10.1. The van der Waals surface area contributed by atoms with E-state index in [9.17, 15) is 17.8 Å². The molecule has 1 saturated heterocycles. The third-order valence-corrected chi connectivity index (χ3v) is 6.33. The molecule has 8 nitrogen and oxygen atoms in total. The van der Waals surface area contributed by atoms with Crippen molar-refractivity contribution in [2.75, 3.05) is 29.6 Å². The van der Waals surface area contributed by atoms with Crippen molar-refractivity contribution >= 4 is 38.1 Å². The van der Waals surface area contributed by atoms with Gasteiger partial charge < -0.3 is 14.6 Å². The third kappa shape index (κ3) is 4.72. The van der Waals surface area contributed by atoms with E-state index in [-0.39, 0.29) is 30.0 Å². The molecule has 170 valence electrons. The molecular formula is C21H23F2N5O3S. The van der Waals surface area contributed by atoms with Crippen LogP contribution in [0.15, 0.2) is 39.9 Å². The summed E-state index contributed by atoms with van der Waals surface area (Å²) in [6.45, 7) is 2.17. The SMILES string of the molecule is Cc1nc2cc(C(=O)Nc3ccnc(S(C)(=N)=O)c3)c(N3CCCC(F)(F)CC3)cc2o1. The predicted octanol–water partition coefficient (Wildman–Crippen LogP) is 4.44. The Balaban J connectivity index is 1.72. The average Bonchev–Trinajstić information content (AvgIpc) is 2.97. The number of fused-ring (bicyclic) bond motifs is 1. The Morgan fingerprint density at radius 1 is 1.28 bits per heavy atom. The summed E-state index contributed by atoms with van der Waals surface area (Å²) in [6, 6.07) is 6.15. The summed E-state index contributed by atoms with van der Waals surface area (Å²) in [6.07, 6.45) is 2.41. The smallest absolute Gasteiger partial charge is 0.257 e. The van der Waals surface area contributed by atoms with Crippen molar-refractivity contribution < 1.29 is 22.2 Å². The van der Waals surface area contributed by atoms with Crippen molar-refractivity contribution in [3.63, 3.8) is 0 Å². The fourth-order valence-electron chi connectivity index (χ4n) is 3.73. The van der Waals surface area contributed by atoms with Crippen LogP contribution in [0, 0.1) is 11.7 Å². The standard InChI is InChI=1S/C21H23F2N5O3S/c1-13-26-16-11-15(20(29)27-14-4-7-25-19(10-14)32(2,24)30)17(12-18(16)31-13)28-8-3-5-21(22,23)6-9-28/h4,7,10-12,24H,3,5-6,8-9H2,1-2H3,(H,25,27,29). The van der Waals surface area contributed by atoms with Crippen molar-refractivity contribution in [2.45, 2.75) is 37.1 Å². The van der Waals surface area contributed by atoms with Crippen LogP contribution < -0.4 is 10.2 Å². The van der Waals surface area contributed by atoms with E-state index in [2.05, 4.69) is 15.3 Å². The highest BCUT2D eigenvalue weighted by Crippen LogP contribution is 2.34. The minimum atomic E-state index is -3.06. The molecule has 0 spiro atoms.